The van der Waals surface area contributed by atoms with E-state index in [1.54, 1.807) is 4.90 Å². The molecule has 168 valence electrons. The van der Waals surface area contributed by atoms with Crippen molar-refractivity contribution < 1.29 is 9.59 Å². The smallest absolute Gasteiger partial charge is 0.272 e. The third-order valence-corrected chi connectivity index (χ3v) is 5.62. The summed E-state index contributed by atoms with van der Waals surface area (Å²) in [5.41, 5.74) is 10.3. The Morgan fingerprint density at radius 2 is 1.64 bits per heavy atom. The van der Waals surface area contributed by atoms with Crippen LogP contribution in [0.5, 0.6) is 0 Å². The number of hydrogen-bond acceptors (Lipinski definition) is 4. The number of para-hydroxylation sites is 1. The molecule has 6 nitrogen and oxygen atoms in total. The summed E-state index contributed by atoms with van der Waals surface area (Å²) >= 11 is 0. The van der Waals surface area contributed by atoms with E-state index in [9.17, 15) is 9.59 Å². The number of aliphatic imine (C=N–C) groups is 1. The molecule has 3 N–H and O–H groups in total. The van der Waals surface area contributed by atoms with Gasteiger partial charge in [0.25, 0.3) is 5.91 Å². The van der Waals surface area contributed by atoms with Gasteiger partial charge in [0.05, 0.1) is 17.4 Å². The predicted octanol–water partition coefficient (Wildman–Crippen LogP) is 3.29. The van der Waals surface area contributed by atoms with E-state index in [1.165, 1.54) is 0 Å². The Bertz CT molecular complexity index is 1150. The number of benzene rings is 3. The highest BCUT2D eigenvalue weighted by Gasteiger charge is 2.33. The molecule has 0 radical (unpaired) electrons. The van der Waals surface area contributed by atoms with Crippen LogP contribution in [-0.2, 0) is 16.0 Å². The number of nitrogens with zero attached hydrogens (tertiary/aromatic N) is 2. The second-order valence-electron chi connectivity index (χ2n) is 8.06. The molecule has 6 heteroatoms. The Labute approximate surface area is 194 Å². The van der Waals surface area contributed by atoms with Crippen molar-refractivity contribution in [1.29, 1.82) is 0 Å². The fraction of sp³-hybridized carbons (Fsp3) is 0.222. The van der Waals surface area contributed by atoms with Gasteiger partial charge in [0.2, 0.25) is 12.1 Å². The first-order valence-electron chi connectivity index (χ1n) is 11.2. The SMILES string of the molecule is CCCN1C(=O)C(NC(=O)[C@H](N)Cc2ccccc2)N=C(c2ccccc2)c2ccccc21. The second-order valence-corrected chi connectivity index (χ2v) is 8.06. The number of nitrogens with two attached hydrogens (primary N) is 1. The molecule has 2 amide bonds. The van der Waals surface area contributed by atoms with Gasteiger partial charge in [-0.15, -0.1) is 0 Å². The topological polar surface area (TPSA) is 87.8 Å². The van der Waals surface area contributed by atoms with E-state index < -0.39 is 18.1 Å². The number of benzodiazepines with no additional fused rings is 1. The number of carbonyl (C=O) groups excluding carboxylic acids is 2. The third-order valence-electron chi connectivity index (χ3n) is 5.62. The molecule has 3 aromatic rings. The van der Waals surface area contributed by atoms with Gasteiger partial charge in [-0.25, -0.2) is 4.99 Å². The highest BCUT2D eigenvalue weighted by molar-refractivity contribution is 6.20. The molecule has 33 heavy (non-hydrogen) atoms. The van der Waals surface area contributed by atoms with Crippen LogP contribution in [-0.4, -0.2) is 36.3 Å². The monoisotopic (exact) mass is 440 g/mol. The van der Waals surface area contributed by atoms with E-state index in [1.807, 2.05) is 91.9 Å². The Balaban J connectivity index is 1.69. The highest BCUT2D eigenvalue weighted by Crippen LogP contribution is 2.28. The van der Waals surface area contributed by atoms with Crippen molar-refractivity contribution in [1.82, 2.24) is 5.32 Å². The van der Waals surface area contributed by atoms with E-state index in [0.717, 1.165) is 28.8 Å². The van der Waals surface area contributed by atoms with Crippen LogP contribution in [0.1, 0.15) is 30.0 Å². The maximum atomic E-state index is 13.6. The minimum Gasteiger partial charge on any atom is -0.325 e. The maximum absolute atomic E-state index is 13.6. The summed E-state index contributed by atoms with van der Waals surface area (Å²) in [5, 5.41) is 2.81. The standard InChI is InChI=1S/C27H28N4O2/c1-2-17-31-23-16-10-9-15-21(23)24(20-13-7-4-8-14-20)29-25(27(31)33)30-26(32)22(28)18-19-11-5-3-6-12-19/h3-16,22,25H,2,17-18,28H2,1H3,(H,30,32)/t22-,25?/m1/s1. The van der Waals surface area contributed by atoms with E-state index in [2.05, 4.69) is 5.32 Å². The quantitative estimate of drug-likeness (QED) is 0.591. The molecule has 4 rings (SSSR count). The number of nitrogens with one attached hydrogen (secondary N) is 1. The fourth-order valence-electron chi connectivity index (χ4n) is 4.01. The number of hydrogen-bond donors (Lipinski definition) is 2. The summed E-state index contributed by atoms with van der Waals surface area (Å²) in [4.78, 5) is 33.0. The Hall–Kier alpha value is -3.77. The molecule has 1 aliphatic rings. The van der Waals surface area contributed by atoms with Crippen molar-refractivity contribution in [2.45, 2.75) is 32.0 Å². The fourth-order valence-corrected chi connectivity index (χ4v) is 4.01. The summed E-state index contributed by atoms with van der Waals surface area (Å²) in [6.45, 7) is 2.54. The minimum absolute atomic E-state index is 0.268. The van der Waals surface area contributed by atoms with Crippen molar-refractivity contribution in [2.75, 3.05) is 11.4 Å². The molecule has 0 fully saturated rings. The van der Waals surface area contributed by atoms with E-state index >= 15 is 0 Å². The lowest BCUT2D eigenvalue weighted by atomic mass is 10.0. The zero-order valence-electron chi connectivity index (χ0n) is 18.6. The maximum Gasteiger partial charge on any atom is 0.272 e. The van der Waals surface area contributed by atoms with Gasteiger partial charge < -0.3 is 16.0 Å². The number of rotatable bonds is 7. The van der Waals surface area contributed by atoms with Crippen LogP contribution in [0, 0.1) is 0 Å². The van der Waals surface area contributed by atoms with Gasteiger partial charge in [0.15, 0.2) is 0 Å². The van der Waals surface area contributed by atoms with Crippen LogP contribution in [0.15, 0.2) is 89.9 Å². The lowest BCUT2D eigenvalue weighted by Crippen LogP contribution is -2.52. The predicted molar refractivity (Wildman–Crippen MR) is 131 cm³/mol. The molecular formula is C27H28N4O2. The van der Waals surface area contributed by atoms with Crippen LogP contribution in [0.4, 0.5) is 5.69 Å². The second kappa shape index (κ2) is 10.2. The van der Waals surface area contributed by atoms with Gasteiger partial charge in [-0.1, -0.05) is 85.8 Å². The largest absolute Gasteiger partial charge is 0.325 e. The van der Waals surface area contributed by atoms with Crippen LogP contribution in [0.25, 0.3) is 0 Å². The molecule has 1 unspecified atom stereocenters. The van der Waals surface area contributed by atoms with Gasteiger partial charge in [0, 0.05) is 17.7 Å². The molecule has 1 aliphatic heterocycles. The molecule has 0 bridgehead atoms. The van der Waals surface area contributed by atoms with Crippen LogP contribution >= 0.6 is 0 Å². The molecule has 0 saturated heterocycles. The van der Waals surface area contributed by atoms with Crippen molar-refractivity contribution in [3.8, 4) is 0 Å². The number of anilines is 1. The Morgan fingerprint density at radius 3 is 2.33 bits per heavy atom. The summed E-state index contributed by atoms with van der Waals surface area (Å²) in [7, 11) is 0. The van der Waals surface area contributed by atoms with Crippen LogP contribution in [0.2, 0.25) is 0 Å². The molecule has 3 aromatic carbocycles. The van der Waals surface area contributed by atoms with Gasteiger partial charge in [-0.2, -0.15) is 0 Å². The molecule has 0 aromatic heterocycles. The Morgan fingerprint density at radius 1 is 1.00 bits per heavy atom. The van der Waals surface area contributed by atoms with Gasteiger partial charge in [-0.05, 0) is 24.5 Å². The summed E-state index contributed by atoms with van der Waals surface area (Å²) in [6, 6.07) is 26.2. The van der Waals surface area contributed by atoms with Gasteiger partial charge >= 0.3 is 0 Å². The lowest BCUT2D eigenvalue weighted by Gasteiger charge is -2.25. The third kappa shape index (κ3) is 5.02. The summed E-state index contributed by atoms with van der Waals surface area (Å²) < 4.78 is 0. The summed E-state index contributed by atoms with van der Waals surface area (Å²) in [6.07, 6.45) is 0.0879. The number of amides is 2. The highest BCUT2D eigenvalue weighted by atomic mass is 16.2. The van der Waals surface area contributed by atoms with E-state index in [0.29, 0.717) is 18.7 Å². The van der Waals surface area contributed by atoms with E-state index in [4.69, 9.17) is 10.7 Å². The van der Waals surface area contributed by atoms with Crippen LogP contribution in [0.3, 0.4) is 0 Å². The number of carbonyl (C=O) groups is 2. The van der Waals surface area contributed by atoms with Crippen molar-refractivity contribution >= 4 is 23.2 Å². The van der Waals surface area contributed by atoms with Crippen LogP contribution < -0.4 is 16.0 Å². The van der Waals surface area contributed by atoms with Crippen molar-refractivity contribution in [2.24, 2.45) is 10.7 Å². The van der Waals surface area contributed by atoms with Crippen molar-refractivity contribution in [3.05, 3.63) is 102 Å². The van der Waals surface area contributed by atoms with Crippen molar-refractivity contribution in [3.63, 3.8) is 0 Å². The summed E-state index contributed by atoms with van der Waals surface area (Å²) in [5.74, 6) is -0.675. The first kappa shape index (κ1) is 22.4. The molecular weight excluding hydrogens is 412 g/mol. The Kier molecular flexibility index (Phi) is 6.95. The normalized spacial score (nSPS) is 16.4. The molecule has 0 spiro atoms. The zero-order chi connectivity index (χ0) is 23.2. The zero-order valence-corrected chi connectivity index (χ0v) is 18.6. The molecule has 0 aliphatic carbocycles. The first-order valence-corrected chi connectivity index (χ1v) is 11.2. The minimum atomic E-state index is -1.06. The molecule has 2 atom stereocenters. The average Bonchev–Trinajstić information content (AvgIpc) is 2.96. The van der Waals surface area contributed by atoms with Gasteiger partial charge in [0.1, 0.15) is 0 Å². The molecule has 0 saturated carbocycles. The first-order chi connectivity index (χ1) is 16.1. The van der Waals surface area contributed by atoms with Gasteiger partial charge in [-0.3, -0.25) is 9.59 Å². The van der Waals surface area contributed by atoms with E-state index in [-0.39, 0.29) is 5.91 Å². The lowest BCUT2D eigenvalue weighted by molar-refractivity contribution is -0.128. The number of fused-ring (bicyclic) bond motifs is 1. The molecule has 1 heterocycles. The average molecular weight is 441 g/mol.